The van der Waals surface area contributed by atoms with Crippen LogP contribution in [0.5, 0.6) is 0 Å². The van der Waals surface area contributed by atoms with Crippen molar-refractivity contribution in [1.29, 1.82) is 0 Å². The Morgan fingerprint density at radius 1 is 1.37 bits per heavy atom. The van der Waals surface area contributed by atoms with Gasteiger partial charge in [0, 0.05) is 18.5 Å². The number of morpholine rings is 1. The number of ether oxygens (including phenoxy) is 2. The molecular formula is C12H17N3O3S. The summed E-state index contributed by atoms with van der Waals surface area (Å²) in [7, 11) is 0. The van der Waals surface area contributed by atoms with Gasteiger partial charge in [-0.3, -0.25) is 9.69 Å². The lowest BCUT2D eigenvalue weighted by Gasteiger charge is -2.34. The zero-order valence-corrected chi connectivity index (χ0v) is 11.4. The van der Waals surface area contributed by atoms with E-state index in [1.165, 1.54) is 11.3 Å². The zero-order chi connectivity index (χ0) is 13.1. The van der Waals surface area contributed by atoms with E-state index >= 15 is 0 Å². The van der Waals surface area contributed by atoms with E-state index < -0.39 is 0 Å². The molecular weight excluding hydrogens is 266 g/mol. The highest BCUT2D eigenvalue weighted by atomic mass is 32.1. The molecule has 1 N–H and O–H groups in total. The minimum absolute atomic E-state index is 0.0345. The first-order valence-corrected chi connectivity index (χ1v) is 7.37. The Kier molecular flexibility index (Phi) is 4.07. The molecule has 0 bridgehead atoms. The highest BCUT2D eigenvalue weighted by molar-refractivity contribution is 7.07. The van der Waals surface area contributed by atoms with Crippen LogP contribution >= 0.6 is 11.3 Å². The van der Waals surface area contributed by atoms with E-state index in [0.29, 0.717) is 18.9 Å². The monoisotopic (exact) mass is 283 g/mol. The summed E-state index contributed by atoms with van der Waals surface area (Å²) in [6.07, 6.45) is 0. The average Bonchev–Trinajstić information content (AvgIpc) is 3.11. The van der Waals surface area contributed by atoms with E-state index in [9.17, 15) is 4.79 Å². The predicted molar refractivity (Wildman–Crippen MR) is 70.4 cm³/mol. The van der Waals surface area contributed by atoms with Crippen molar-refractivity contribution in [2.75, 3.05) is 39.5 Å². The van der Waals surface area contributed by atoms with Gasteiger partial charge in [-0.05, 0) is 0 Å². The van der Waals surface area contributed by atoms with Crippen LogP contribution in [0.25, 0.3) is 0 Å². The number of thiazole rings is 1. The number of nitrogens with one attached hydrogen (secondary N) is 1. The summed E-state index contributed by atoms with van der Waals surface area (Å²) in [4.78, 5) is 18.4. The van der Waals surface area contributed by atoms with Gasteiger partial charge in [0.25, 0.3) is 5.91 Å². The number of hydrogen-bond acceptors (Lipinski definition) is 6. The van der Waals surface area contributed by atoms with Crippen LogP contribution in [0, 0.1) is 0 Å². The van der Waals surface area contributed by atoms with Gasteiger partial charge in [0.2, 0.25) is 0 Å². The Balaban J connectivity index is 1.61. The Morgan fingerprint density at radius 3 is 2.95 bits per heavy atom. The molecule has 3 heterocycles. The smallest absolute Gasteiger partial charge is 0.271 e. The topological polar surface area (TPSA) is 63.7 Å². The first-order valence-electron chi connectivity index (χ1n) is 6.43. The fraction of sp³-hybridized carbons (Fsp3) is 0.667. The molecule has 0 aromatic carbocycles. The molecule has 1 amide bonds. The zero-order valence-electron chi connectivity index (χ0n) is 10.6. The molecule has 3 rings (SSSR count). The number of rotatable bonds is 3. The third-order valence-corrected chi connectivity index (χ3v) is 4.13. The van der Waals surface area contributed by atoms with Gasteiger partial charge in [-0.2, -0.15) is 0 Å². The maximum absolute atomic E-state index is 12.0. The molecule has 0 unspecified atom stereocenters. The van der Waals surface area contributed by atoms with E-state index in [-0.39, 0.29) is 18.0 Å². The van der Waals surface area contributed by atoms with Crippen LogP contribution in [-0.4, -0.2) is 67.4 Å². The van der Waals surface area contributed by atoms with E-state index in [2.05, 4.69) is 15.2 Å². The van der Waals surface area contributed by atoms with Gasteiger partial charge in [-0.25, -0.2) is 4.98 Å². The molecule has 2 fully saturated rings. The molecule has 104 valence electrons. The number of aromatic nitrogens is 1. The van der Waals surface area contributed by atoms with Crippen LogP contribution in [0.1, 0.15) is 10.5 Å². The van der Waals surface area contributed by atoms with E-state index in [4.69, 9.17) is 9.47 Å². The first-order chi connectivity index (χ1) is 9.34. The molecule has 2 saturated heterocycles. The van der Waals surface area contributed by atoms with Crippen molar-refractivity contribution in [2.24, 2.45) is 0 Å². The van der Waals surface area contributed by atoms with Gasteiger partial charge >= 0.3 is 0 Å². The van der Waals surface area contributed by atoms with Crippen molar-refractivity contribution >= 4 is 17.2 Å². The normalized spacial score (nSPS) is 28.4. The lowest BCUT2D eigenvalue weighted by molar-refractivity contribution is 0.0108. The lowest BCUT2D eigenvalue weighted by Crippen LogP contribution is -2.54. The van der Waals surface area contributed by atoms with Crippen LogP contribution in [0.3, 0.4) is 0 Å². The molecule has 1 aromatic rings. The maximum atomic E-state index is 12.0. The fourth-order valence-electron chi connectivity index (χ4n) is 2.52. The van der Waals surface area contributed by atoms with Crippen molar-refractivity contribution in [1.82, 2.24) is 15.2 Å². The summed E-state index contributed by atoms with van der Waals surface area (Å²) >= 11 is 1.42. The lowest BCUT2D eigenvalue weighted by atomic mass is 10.1. The van der Waals surface area contributed by atoms with Crippen molar-refractivity contribution in [3.05, 3.63) is 16.6 Å². The summed E-state index contributed by atoms with van der Waals surface area (Å²) in [5.74, 6) is -0.116. The highest BCUT2D eigenvalue weighted by Crippen LogP contribution is 2.15. The molecule has 1 aromatic heterocycles. The molecule has 6 nitrogen and oxygen atoms in total. The number of carbonyl (C=O) groups is 1. The van der Waals surface area contributed by atoms with Crippen molar-refractivity contribution in [3.8, 4) is 0 Å². The number of hydrogen-bond donors (Lipinski definition) is 1. The first kappa shape index (κ1) is 13.0. The number of nitrogens with zero attached hydrogens (tertiary/aromatic N) is 2. The van der Waals surface area contributed by atoms with Crippen molar-refractivity contribution < 1.29 is 14.3 Å². The summed E-state index contributed by atoms with van der Waals surface area (Å²) in [6, 6.07) is 0.277. The molecule has 7 heteroatoms. The standard InChI is InChI=1S/C12H17N3O3S/c16-12(10-7-19-8-13-10)14-9-5-18-6-11(9)15-1-3-17-4-2-15/h7-9,11H,1-6H2,(H,14,16)/t9-,11-/m0/s1. The minimum Gasteiger partial charge on any atom is -0.379 e. The second-order valence-electron chi connectivity index (χ2n) is 4.71. The highest BCUT2D eigenvalue weighted by Gasteiger charge is 2.35. The van der Waals surface area contributed by atoms with Crippen LogP contribution in [0.4, 0.5) is 0 Å². The summed E-state index contributed by atoms with van der Waals surface area (Å²) in [5, 5.41) is 4.79. The molecule has 0 spiro atoms. The van der Waals surface area contributed by atoms with Crippen LogP contribution < -0.4 is 5.32 Å². The van der Waals surface area contributed by atoms with E-state index in [1.54, 1.807) is 10.9 Å². The summed E-state index contributed by atoms with van der Waals surface area (Å²) in [5.41, 5.74) is 2.15. The molecule has 0 saturated carbocycles. The number of carbonyl (C=O) groups excluding carboxylic acids is 1. The van der Waals surface area contributed by atoms with E-state index in [0.717, 1.165) is 26.3 Å². The maximum Gasteiger partial charge on any atom is 0.271 e. The van der Waals surface area contributed by atoms with Crippen LogP contribution in [0.15, 0.2) is 10.9 Å². The van der Waals surface area contributed by atoms with E-state index in [1.807, 2.05) is 0 Å². The van der Waals surface area contributed by atoms with Gasteiger partial charge in [-0.15, -0.1) is 11.3 Å². The minimum atomic E-state index is -0.116. The molecule has 0 radical (unpaired) electrons. The molecule has 2 aliphatic rings. The van der Waals surface area contributed by atoms with Gasteiger partial charge < -0.3 is 14.8 Å². The quantitative estimate of drug-likeness (QED) is 0.844. The SMILES string of the molecule is O=C(N[C@H]1COC[C@@H]1N1CCOCC1)c1cscn1. The Bertz CT molecular complexity index is 420. The average molecular weight is 283 g/mol. The van der Waals surface area contributed by atoms with Crippen molar-refractivity contribution in [3.63, 3.8) is 0 Å². The van der Waals surface area contributed by atoms with Gasteiger partial charge in [0.15, 0.2) is 0 Å². The Labute approximate surface area is 115 Å². The molecule has 19 heavy (non-hydrogen) atoms. The van der Waals surface area contributed by atoms with Gasteiger partial charge in [0.05, 0.1) is 44.0 Å². The Morgan fingerprint density at radius 2 is 2.21 bits per heavy atom. The molecule has 2 aliphatic heterocycles. The second kappa shape index (κ2) is 5.96. The van der Waals surface area contributed by atoms with Gasteiger partial charge in [0.1, 0.15) is 5.69 Å². The van der Waals surface area contributed by atoms with Crippen LogP contribution in [0.2, 0.25) is 0 Å². The third kappa shape index (κ3) is 2.94. The third-order valence-electron chi connectivity index (χ3n) is 3.55. The van der Waals surface area contributed by atoms with Crippen LogP contribution in [-0.2, 0) is 9.47 Å². The largest absolute Gasteiger partial charge is 0.379 e. The molecule has 2 atom stereocenters. The van der Waals surface area contributed by atoms with Gasteiger partial charge in [-0.1, -0.05) is 0 Å². The van der Waals surface area contributed by atoms with Crippen molar-refractivity contribution in [2.45, 2.75) is 12.1 Å². The predicted octanol–water partition coefficient (Wildman–Crippen LogP) is -0.0275. The summed E-state index contributed by atoms with van der Waals surface area (Å²) in [6.45, 7) is 4.54. The Hall–Kier alpha value is -1.02. The second-order valence-corrected chi connectivity index (χ2v) is 5.43. The molecule has 0 aliphatic carbocycles. The number of amides is 1. The summed E-state index contributed by atoms with van der Waals surface area (Å²) < 4.78 is 10.9. The fourth-order valence-corrected chi connectivity index (χ4v) is 3.05.